The van der Waals surface area contributed by atoms with Gasteiger partial charge in [-0.1, -0.05) is 18.2 Å². The van der Waals surface area contributed by atoms with Gasteiger partial charge in [0.1, 0.15) is 6.54 Å². The molecule has 22 heavy (non-hydrogen) atoms. The van der Waals surface area contributed by atoms with Gasteiger partial charge in [0.05, 0.1) is 12.6 Å². The summed E-state index contributed by atoms with van der Waals surface area (Å²) in [6.45, 7) is 1.93. The molecule has 0 unspecified atom stereocenters. The highest BCUT2D eigenvalue weighted by Crippen LogP contribution is 2.19. The van der Waals surface area contributed by atoms with E-state index in [0.717, 1.165) is 16.5 Å². The van der Waals surface area contributed by atoms with Crippen molar-refractivity contribution in [2.75, 3.05) is 20.2 Å². The molecule has 0 spiro atoms. The molecule has 1 atom stereocenters. The van der Waals surface area contributed by atoms with Gasteiger partial charge in [-0.2, -0.15) is 0 Å². The maximum atomic E-state index is 12.2. The number of para-hydroxylation sites is 1. The van der Waals surface area contributed by atoms with Crippen LogP contribution in [0.5, 0.6) is 0 Å². The lowest BCUT2D eigenvalue weighted by molar-refractivity contribution is -0.148. The number of ether oxygens (including phenoxy) is 1. The number of esters is 1. The Labute approximate surface area is 129 Å². The number of nitrogens with two attached hydrogens (primary N) is 1. The third kappa shape index (κ3) is 3.65. The molecule has 1 aromatic heterocycles. The highest BCUT2D eigenvalue weighted by Gasteiger charge is 2.21. The lowest BCUT2D eigenvalue weighted by Crippen LogP contribution is -2.45. The third-order valence-electron chi connectivity index (χ3n) is 3.48. The lowest BCUT2D eigenvalue weighted by Gasteiger charge is -2.20. The first-order chi connectivity index (χ1) is 10.5. The Kier molecular flexibility index (Phi) is 5.16. The number of nitrogens with one attached hydrogen (secondary N) is 1. The number of nitrogens with zero attached hydrogens (tertiary/aromatic N) is 1. The van der Waals surface area contributed by atoms with Gasteiger partial charge in [0.25, 0.3) is 0 Å². The van der Waals surface area contributed by atoms with E-state index in [0.29, 0.717) is 13.0 Å². The summed E-state index contributed by atoms with van der Waals surface area (Å²) in [5.41, 5.74) is 7.99. The topological polar surface area (TPSA) is 88.4 Å². The van der Waals surface area contributed by atoms with Crippen LogP contribution in [-0.4, -0.2) is 48.0 Å². The van der Waals surface area contributed by atoms with E-state index >= 15 is 0 Å². The van der Waals surface area contributed by atoms with Crippen LogP contribution in [0, 0.1) is 0 Å². The smallest absolute Gasteiger partial charge is 0.325 e. The quantitative estimate of drug-likeness (QED) is 0.781. The molecule has 118 valence electrons. The summed E-state index contributed by atoms with van der Waals surface area (Å²) in [6, 6.07) is 7.15. The van der Waals surface area contributed by atoms with Gasteiger partial charge >= 0.3 is 5.97 Å². The van der Waals surface area contributed by atoms with E-state index in [-0.39, 0.29) is 12.5 Å². The SMILES string of the molecule is CCOC(=O)CN(C)C(=O)[C@H](N)Cc1c[nH]c2ccccc12. The van der Waals surface area contributed by atoms with Crippen molar-refractivity contribution in [2.45, 2.75) is 19.4 Å². The number of carbonyl (C=O) groups is 2. The van der Waals surface area contributed by atoms with Gasteiger partial charge in [-0.25, -0.2) is 0 Å². The van der Waals surface area contributed by atoms with Gasteiger partial charge < -0.3 is 20.4 Å². The molecular weight excluding hydrogens is 282 g/mol. The van der Waals surface area contributed by atoms with E-state index < -0.39 is 12.0 Å². The maximum Gasteiger partial charge on any atom is 0.325 e. The fourth-order valence-corrected chi connectivity index (χ4v) is 2.39. The second kappa shape index (κ2) is 7.09. The zero-order valence-corrected chi connectivity index (χ0v) is 12.8. The number of carbonyl (C=O) groups excluding carboxylic acids is 2. The van der Waals surface area contributed by atoms with Gasteiger partial charge in [0.15, 0.2) is 0 Å². The molecule has 0 aliphatic carbocycles. The number of aromatic amines is 1. The summed E-state index contributed by atoms with van der Waals surface area (Å²) in [6.07, 6.45) is 2.28. The molecule has 2 aromatic rings. The monoisotopic (exact) mass is 303 g/mol. The number of hydrogen-bond acceptors (Lipinski definition) is 4. The standard InChI is InChI=1S/C16H21N3O3/c1-3-22-15(20)10-19(2)16(21)13(17)8-11-9-18-14-7-5-4-6-12(11)14/h4-7,9,13,18H,3,8,10,17H2,1-2H3/t13-/m1/s1. The van der Waals surface area contributed by atoms with Crippen LogP contribution < -0.4 is 5.73 Å². The Bertz CT molecular complexity index is 665. The first-order valence-electron chi connectivity index (χ1n) is 7.24. The first-order valence-corrected chi connectivity index (χ1v) is 7.24. The molecular formula is C16H21N3O3. The number of benzene rings is 1. The fraction of sp³-hybridized carbons (Fsp3) is 0.375. The number of hydrogen-bond donors (Lipinski definition) is 2. The van der Waals surface area contributed by atoms with E-state index in [9.17, 15) is 9.59 Å². The maximum absolute atomic E-state index is 12.2. The minimum Gasteiger partial charge on any atom is -0.465 e. The van der Waals surface area contributed by atoms with Crippen molar-refractivity contribution in [3.05, 3.63) is 36.0 Å². The Morgan fingerprint density at radius 3 is 2.82 bits per heavy atom. The van der Waals surface area contributed by atoms with Crippen molar-refractivity contribution in [3.63, 3.8) is 0 Å². The minimum absolute atomic E-state index is 0.0890. The van der Waals surface area contributed by atoms with Crippen LogP contribution in [0.4, 0.5) is 0 Å². The highest BCUT2D eigenvalue weighted by molar-refractivity contribution is 5.87. The van der Waals surface area contributed by atoms with Crippen molar-refractivity contribution in [2.24, 2.45) is 5.73 Å². The van der Waals surface area contributed by atoms with Crippen molar-refractivity contribution in [1.82, 2.24) is 9.88 Å². The summed E-state index contributed by atoms with van der Waals surface area (Å²) in [5.74, 6) is -0.712. The Hall–Kier alpha value is -2.34. The normalized spacial score (nSPS) is 12.1. The summed E-state index contributed by atoms with van der Waals surface area (Å²) in [4.78, 5) is 28.1. The van der Waals surface area contributed by atoms with E-state index in [1.54, 1.807) is 14.0 Å². The molecule has 6 nitrogen and oxygen atoms in total. The lowest BCUT2D eigenvalue weighted by atomic mass is 10.0. The minimum atomic E-state index is -0.696. The molecule has 0 aliphatic rings. The number of likely N-dealkylation sites (N-methyl/N-ethyl adjacent to an activating group) is 1. The zero-order chi connectivity index (χ0) is 16.1. The molecule has 0 saturated carbocycles. The summed E-state index contributed by atoms with van der Waals surface area (Å²) >= 11 is 0. The van der Waals surface area contributed by atoms with Crippen LogP contribution in [-0.2, 0) is 20.7 Å². The largest absolute Gasteiger partial charge is 0.465 e. The van der Waals surface area contributed by atoms with Crippen LogP contribution in [0.15, 0.2) is 30.5 Å². The van der Waals surface area contributed by atoms with Crippen LogP contribution in [0.3, 0.4) is 0 Å². The van der Waals surface area contributed by atoms with Gasteiger partial charge in [0, 0.05) is 24.1 Å². The van der Waals surface area contributed by atoms with E-state index in [1.165, 1.54) is 4.90 Å². The molecule has 1 heterocycles. The van der Waals surface area contributed by atoms with E-state index in [4.69, 9.17) is 10.5 Å². The van der Waals surface area contributed by atoms with Gasteiger partial charge in [-0.05, 0) is 25.0 Å². The van der Waals surface area contributed by atoms with Gasteiger partial charge in [-0.3, -0.25) is 9.59 Å². The molecule has 0 aliphatic heterocycles. The van der Waals surface area contributed by atoms with Crippen LogP contribution >= 0.6 is 0 Å². The van der Waals surface area contributed by atoms with E-state index in [1.807, 2.05) is 30.5 Å². The number of rotatable bonds is 6. The average molecular weight is 303 g/mol. The Morgan fingerprint density at radius 1 is 1.36 bits per heavy atom. The predicted molar refractivity (Wildman–Crippen MR) is 84.2 cm³/mol. The molecule has 0 fully saturated rings. The number of amides is 1. The summed E-state index contributed by atoms with van der Waals surface area (Å²) in [7, 11) is 1.55. The van der Waals surface area contributed by atoms with Crippen LogP contribution in [0.25, 0.3) is 10.9 Å². The highest BCUT2D eigenvalue weighted by atomic mass is 16.5. The molecule has 0 saturated heterocycles. The van der Waals surface area contributed by atoms with Crippen molar-refractivity contribution in [1.29, 1.82) is 0 Å². The summed E-state index contributed by atoms with van der Waals surface area (Å²) < 4.78 is 4.83. The molecule has 0 bridgehead atoms. The number of aromatic nitrogens is 1. The molecule has 1 amide bonds. The Morgan fingerprint density at radius 2 is 2.09 bits per heavy atom. The number of fused-ring (bicyclic) bond motifs is 1. The molecule has 3 N–H and O–H groups in total. The zero-order valence-electron chi connectivity index (χ0n) is 12.8. The van der Waals surface area contributed by atoms with Crippen molar-refractivity contribution in [3.8, 4) is 0 Å². The van der Waals surface area contributed by atoms with Gasteiger partial charge in [-0.15, -0.1) is 0 Å². The molecule has 2 rings (SSSR count). The van der Waals surface area contributed by atoms with Crippen LogP contribution in [0.2, 0.25) is 0 Å². The fourth-order valence-electron chi connectivity index (χ4n) is 2.39. The average Bonchev–Trinajstić information content (AvgIpc) is 2.90. The number of H-pyrrole nitrogens is 1. The third-order valence-corrected chi connectivity index (χ3v) is 3.48. The van der Waals surface area contributed by atoms with Crippen LogP contribution in [0.1, 0.15) is 12.5 Å². The van der Waals surface area contributed by atoms with Crippen molar-refractivity contribution >= 4 is 22.8 Å². The molecule has 1 aromatic carbocycles. The van der Waals surface area contributed by atoms with Gasteiger partial charge in [0.2, 0.25) is 5.91 Å². The Balaban J connectivity index is 2.00. The van der Waals surface area contributed by atoms with E-state index in [2.05, 4.69) is 4.98 Å². The second-order valence-electron chi connectivity index (χ2n) is 5.17. The second-order valence-corrected chi connectivity index (χ2v) is 5.17. The molecule has 6 heteroatoms. The summed E-state index contributed by atoms with van der Waals surface area (Å²) in [5, 5.41) is 1.05. The molecule has 0 radical (unpaired) electrons. The van der Waals surface area contributed by atoms with Crippen molar-refractivity contribution < 1.29 is 14.3 Å². The first kappa shape index (κ1) is 16.0. The predicted octanol–water partition coefficient (Wildman–Crippen LogP) is 1.06.